The first kappa shape index (κ1) is 18.6. The molecule has 1 heterocycles. The Morgan fingerprint density at radius 1 is 1.00 bits per heavy atom. The summed E-state index contributed by atoms with van der Waals surface area (Å²) in [7, 11) is 1.32. The molecule has 0 saturated heterocycles. The minimum atomic E-state index is -0.438. The second-order valence-electron chi connectivity index (χ2n) is 5.77. The molecule has 0 radical (unpaired) electrons. The minimum Gasteiger partial charge on any atom is -0.465 e. The zero-order valence-corrected chi connectivity index (χ0v) is 15.0. The number of pyridine rings is 1. The third-order valence-corrected chi connectivity index (χ3v) is 3.85. The van der Waals surface area contributed by atoms with E-state index in [0.717, 1.165) is 0 Å². The molecule has 138 valence electrons. The van der Waals surface area contributed by atoms with Crippen LogP contribution in [0, 0.1) is 11.3 Å². The molecule has 0 atom stereocenters. The number of hydrogen-bond donors (Lipinski definition) is 2. The number of rotatable bonds is 5. The molecule has 0 spiro atoms. The van der Waals surface area contributed by atoms with Gasteiger partial charge in [-0.25, -0.2) is 9.78 Å². The number of aromatic nitrogens is 1. The van der Waals surface area contributed by atoms with E-state index in [1.807, 2.05) is 6.07 Å². The maximum absolute atomic E-state index is 12.5. The van der Waals surface area contributed by atoms with Crippen LogP contribution >= 0.6 is 0 Å². The van der Waals surface area contributed by atoms with Crippen molar-refractivity contribution < 1.29 is 14.3 Å². The molecule has 0 aliphatic carbocycles. The highest BCUT2D eigenvalue weighted by Gasteiger charge is 2.09. The number of nitrogens with zero attached hydrogens (tertiary/aromatic N) is 2. The highest BCUT2D eigenvalue weighted by Crippen LogP contribution is 2.18. The average molecular weight is 372 g/mol. The van der Waals surface area contributed by atoms with E-state index in [0.29, 0.717) is 33.9 Å². The Labute approximate surface area is 161 Å². The summed E-state index contributed by atoms with van der Waals surface area (Å²) in [5, 5.41) is 14.7. The summed E-state index contributed by atoms with van der Waals surface area (Å²) in [5.74, 6) is -0.292. The number of anilines is 3. The van der Waals surface area contributed by atoms with Crippen molar-refractivity contribution in [2.45, 2.75) is 0 Å². The molecule has 3 aromatic rings. The SMILES string of the molecule is COC(=O)c1cccc(Nc2cc(C(=O)Nc3ccc(C#N)cc3)ccn2)c1. The topological polar surface area (TPSA) is 104 Å². The lowest BCUT2D eigenvalue weighted by molar-refractivity contribution is 0.0600. The van der Waals surface area contributed by atoms with Gasteiger partial charge in [0, 0.05) is 23.1 Å². The molecule has 28 heavy (non-hydrogen) atoms. The second kappa shape index (κ2) is 8.47. The van der Waals surface area contributed by atoms with Crippen LogP contribution in [-0.4, -0.2) is 24.0 Å². The van der Waals surface area contributed by atoms with Crippen LogP contribution in [0.15, 0.2) is 66.9 Å². The summed E-state index contributed by atoms with van der Waals surface area (Å²) in [6, 6.07) is 18.6. The van der Waals surface area contributed by atoms with Crippen LogP contribution in [0.3, 0.4) is 0 Å². The van der Waals surface area contributed by atoms with Crippen LogP contribution in [-0.2, 0) is 4.74 Å². The second-order valence-corrected chi connectivity index (χ2v) is 5.77. The zero-order valence-electron chi connectivity index (χ0n) is 15.0. The summed E-state index contributed by atoms with van der Waals surface area (Å²) in [4.78, 5) is 28.3. The van der Waals surface area contributed by atoms with Gasteiger partial charge in [-0.05, 0) is 54.6 Å². The van der Waals surface area contributed by atoms with Gasteiger partial charge >= 0.3 is 5.97 Å². The molecular weight excluding hydrogens is 356 g/mol. The molecule has 0 unspecified atom stereocenters. The molecule has 0 bridgehead atoms. The molecule has 7 heteroatoms. The summed E-state index contributed by atoms with van der Waals surface area (Å²) in [6.45, 7) is 0. The Hall–Kier alpha value is -4.18. The Morgan fingerprint density at radius 2 is 1.79 bits per heavy atom. The fraction of sp³-hybridized carbons (Fsp3) is 0.0476. The predicted octanol–water partition coefficient (Wildman–Crippen LogP) is 3.74. The smallest absolute Gasteiger partial charge is 0.337 e. The number of esters is 1. The Balaban J connectivity index is 1.74. The van der Waals surface area contributed by atoms with E-state index in [1.165, 1.54) is 13.3 Å². The number of carbonyl (C=O) groups excluding carboxylic acids is 2. The monoisotopic (exact) mass is 372 g/mol. The van der Waals surface area contributed by atoms with E-state index >= 15 is 0 Å². The minimum absolute atomic E-state index is 0.307. The van der Waals surface area contributed by atoms with Crippen molar-refractivity contribution in [3.05, 3.63) is 83.6 Å². The quantitative estimate of drug-likeness (QED) is 0.661. The number of benzene rings is 2. The van der Waals surface area contributed by atoms with Gasteiger partial charge < -0.3 is 15.4 Å². The maximum Gasteiger partial charge on any atom is 0.337 e. The number of nitrogens with one attached hydrogen (secondary N) is 2. The highest BCUT2D eigenvalue weighted by atomic mass is 16.5. The summed E-state index contributed by atoms with van der Waals surface area (Å²) >= 11 is 0. The molecule has 0 saturated carbocycles. The normalized spacial score (nSPS) is 9.86. The number of ether oxygens (including phenoxy) is 1. The van der Waals surface area contributed by atoms with Crippen LogP contribution in [0.4, 0.5) is 17.2 Å². The molecule has 2 N–H and O–H groups in total. The van der Waals surface area contributed by atoms with E-state index in [1.54, 1.807) is 60.7 Å². The van der Waals surface area contributed by atoms with Crippen molar-refractivity contribution in [1.82, 2.24) is 4.98 Å². The first-order chi connectivity index (χ1) is 13.6. The van der Waals surface area contributed by atoms with Crippen molar-refractivity contribution in [3.63, 3.8) is 0 Å². The molecule has 1 aromatic heterocycles. The van der Waals surface area contributed by atoms with Gasteiger partial charge in [-0.2, -0.15) is 5.26 Å². The molecule has 3 rings (SSSR count). The Bertz CT molecular complexity index is 1060. The fourth-order valence-corrected chi connectivity index (χ4v) is 2.46. The largest absolute Gasteiger partial charge is 0.465 e. The number of amides is 1. The zero-order chi connectivity index (χ0) is 19.9. The van der Waals surface area contributed by atoms with Crippen LogP contribution in [0.2, 0.25) is 0 Å². The maximum atomic E-state index is 12.5. The fourth-order valence-electron chi connectivity index (χ4n) is 2.46. The van der Waals surface area contributed by atoms with Crippen LogP contribution in [0.5, 0.6) is 0 Å². The lowest BCUT2D eigenvalue weighted by Crippen LogP contribution is -2.12. The van der Waals surface area contributed by atoms with E-state index in [-0.39, 0.29) is 5.91 Å². The molecule has 0 aliphatic heterocycles. The Morgan fingerprint density at radius 3 is 2.50 bits per heavy atom. The predicted molar refractivity (Wildman–Crippen MR) is 104 cm³/mol. The number of hydrogen-bond acceptors (Lipinski definition) is 6. The summed E-state index contributed by atoms with van der Waals surface area (Å²) in [5.41, 5.74) is 2.55. The van der Waals surface area contributed by atoms with Gasteiger partial charge in [0.25, 0.3) is 5.91 Å². The third kappa shape index (κ3) is 4.51. The van der Waals surface area contributed by atoms with Gasteiger partial charge in [-0.3, -0.25) is 4.79 Å². The average Bonchev–Trinajstić information content (AvgIpc) is 2.74. The number of carbonyl (C=O) groups is 2. The van der Waals surface area contributed by atoms with Gasteiger partial charge in [0.2, 0.25) is 0 Å². The molecular formula is C21H16N4O3. The third-order valence-electron chi connectivity index (χ3n) is 3.85. The summed E-state index contributed by atoms with van der Waals surface area (Å²) in [6.07, 6.45) is 1.51. The van der Waals surface area contributed by atoms with Gasteiger partial charge in [0.15, 0.2) is 0 Å². The first-order valence-electron chi connectivity index (χ1n) is 8.32. The Kier molecular flexibility index (Phi) is 5.63. The van der Waals surface area contributed by atoms with Gasteiger partial charge in [0.1, 0.15) is 5.82 Å². The number of methoxy groups -OCH3 is 1. The van der Waals surface area contributed by atoms with Crippen molar-refractivity contribution >= 4 is 29.1 Å². The number of nitriles is 1. The van der Waals surface area contributed by atoms with Crippen LogP contribution < -0.4 is 10.6 Å². The van der Waals surface area contributed by atoms with E-state index in [9.17, 15) is 9.59 Å². The van der Waals surface area contributed by atoms with Crippen LogP contribution in [0.1, 0.15) is 26.3 Å². The van der Waals surface area contributed by atoms with Crippen molar-refractivity contribution in [2.75, 3.05) is 17.7 Å². The standard InChI is InChI=1S/C21H16N4O3/c1-28-21(27)16-3-2-4-18(11-16)24-19-12-15(9-10-23-19)20(26)25-17-7-5-14(13-22)6-8-17/h2-12H,1H3,(H,23,24)(H,25,26). The van der Waals surface area contributed by atoms with Crippen molar-refractivity contribution in [3.8, 4) is 6.07 Å². The highest BCUT2D eigenvalue weighted by molar-refractivity contribution is 6.04. The molecule has 7 nitrogen and oxygen atoms in total. The van der Waals surface area contributed by atoms with E-state index in [4.69, 9.17) is 10.00 Å². The molecule has 0 aliphatic rings. The molecule has 1 amide bonds. The summed E-state index contributed by atoms with van der Waals surface area (Å²) < 4.78 is 4.71. The molecule has 2 aromatic carbocycles. The van der Waals surface area contributed by atoms with Crippen LogP contribution in [0.25, 0.3) is 0 Å². The van der Waals surface area contributed by atoms with Crippen molar-refractivity contribution in [1.29, 1.82) is 5.26 Å². The van der Waals surface area contributed by atoms with Gasteiger partial charge in [-0.15, -0.1) is 0 Å². The lowest BCUT2D eigenvalue weighted by atomic mass is 10.2. The van der Waals surface area contributed by atoms with E-state index in [2.05, 4.69) is 15.6 Å². The first-order valence-corrected chi connectivity index (χ1v) is 8.32. The lowest BCUT2D eigenvalue weighted by Gasteiger charge is -2.09. The van der Waals surface area contributed by atoms with Crippen molar-refractivity contribution in [2.24, 2.45) is 0 Å². The molecule has 0 fully saturated rings. The van der Waals surface area contributed by atoms with E-state index < -0.39 is 5.97 Å². The van der Waals surface area contributed by atoms with Gasteiger partial charge in [0.05, 0.1) is 24.3 Å². The van der Waals surface area contributed by atoms with Gasteiger partial charge in [-0.1, -0.05) is 6.07 Å².